The maximum Gasteiger partial charge on any atom is 0.137 e. The summed E-state index contributed by atoms with van der Waals surface area (Å²) in [5.74, 6) is 1.47. The van der Waals surface area contributed by atoms with Crippen LogP contribution in [0.3, 0.4) is 0 Å². The zero-order valence-electron chi connectivity index (χ0n) is 11.4. The Hall–Kier alpha value is -1.09. The Morgan fingerprint density at radius 1 is 1.35 bits per heavy atom. The zero-order chi connectivity index (χ0) is 12.7. The molecule has 0 saturated heterocycles. The standard InChI is InChI=1S/C14H24N2O/c1-5-6-11(2)10-17-13-7-8-14(16-9-13)12(3)15-4/h7-9,11-12,15H,5-6,10H2,1-4H3. The molecular formula is C14H24N2O. The van der Waals surface area contributed by atoms with E-state index < -0.39 is 0 Å². The highest BCUT2D eigenvalue weighted by atomic mass is 16.5. The molecule has 1 N–H and O–H groups in total. The molecule has 0 aliphatic heterocycles. The summed E-state index contributed by atoms with van der Waals surface area (Å²) in [6.45, 7) is 7.28. The van der Waals surface area contributed by atoms with Gasteiger partial charge in [0.15, 0.2) is 0 Å². The first-order valence-corrected chi connectivity index (χ1v) is 6.43. The SMILES string of the molecule is CCCC(C)COc1ccc(C(C)NC)nc1. The van der Waals surface area contributed by atoms with Crippen molar-refractivity contribution in [1.82, 2.24) is 10.3 Å². The highest BCUT2D eigenvalue weighted by Gasteiger charge is 2.05. The van der Waals surface area contributed by atoms with Gasteiger partial charge < -0.3 is 10.1 Å². The van der Waals surface area contributed by atoms with E-state index in [1.807, 2.05) is 25.4 Å². The number of pyridine rings is 1. The van der Waals surface area contributed by atoms with Crippen molar-refractivity contribution in [3.05, 3.63) is 24.0 Å². The lowest BCUT2D eigenvalue weighted by atomic mass is 10.1. The molecule has 2 unspecified atom stereocenters. The second-order valence-electron chi connectivity index (χ2n) is 4.63. The highest BCUT2D eigenvalue weighted by molar-refractivity contribution is 5.21. The summed E-state index contributed by atoms with van der Waals surface area (Å²) >= 11 is 0. The monoisotopic (exact) mass is 236 g/mol. The van der Waals surface area contributed by atoms with Crippen LogP contribution in [0.5, 0.6) is 5.75 Å². The van der Waals surface area contributed by atoms with Gasteiger partial charge in [0, 0.05) is 6.04 Å². The van der Waals surface area contributed by atoms with Crippen LogP contribution in [0.25, 0.3) is 0 Å². The molecule has 1 aromatic heterocycles. The summed E-state index contributed by atoms with van der Waals surface area (Å²) in [5.41, 5.74) is 1.04. The Labute approximate surface area is 105 Å². The third-order valence-corrected chi connectivity index (χ3v) is 2.95. The van der Waals surface area contributed by atoms with Crippen LogP contribution >= 0.6 is 0 Å². The molecule has 0 fully saturated rings. The third-order valence-electron chi connectivity index (χ3n) is 2.95. The van der Waals surface area contributed by atoms with Gasteiger partial charge in [-0.15, -0.1) is 0 Å². The van der Waals surface area contributed by atoms with Gasteiger partial charge in [-0.25, -0.2) is 0 Å². The van der Waals surface area contributed by atoms with Gasteiger partial charge in [0.05, 0.1) is 18.5 Å². The van der Waals surface area contributed by atoms with Gasteiger partial charge in [0.2, 0.25) is 0 Å². The van der Waals surface area contributed by atoms with E-state index in [-0.39, 0.29) is 6.04 Å². The number of aromatic nitrogens is 1. The van der Waals surface area contributed by atoms with Gasteiger partial charge >= 0.3 is 0 Å². The van der Waals surface area contributed by atoms with Crippen LogP contribution in [-0.4, -0.2) is 18.6 Å². The number of hydrogen-bond acceptors (Lipinski definition) is 3. The fraction of sp³-hybridized carbons (Fsp3) is 0.643. The molecule has 3 heteroatoms. The summed E-state index contributed by atoms with van der Waals surface area (Å²) in [4.78, 5) is 4.39. The van der Waals surface area contributed by atoms with Gasteiger partial charge in [-0.05, 0) is 38.4 Å². The smallest absolute Gasteiger partial charge is 0.137 e. The second kappa shape index (κ2) is 7.28. The van der Waals surface area contributed by atoms with E-state index in [0.29, 0.717) is 5.92 Å². The Morgan fingerprint density at radius 3 is 2.65 bits per heavy atom. The predicted molar refractivity (Wildman–Crippen MR) is 71.3 cm³/mol. The van der Waals surface area contributed by atoms with Crippen LogP contribution in [0.4, 0.5) is 0 Å². The molecule has 2 atom stereocenters. The fourth-order valence-corrected chi connectivity index (χ4v) is 1.70. The normalized spacial score (nSPS) is 14.4. The molecule has 0 saturated carbocycles. The molecular weight excluding hydrogens is 212 g/mol. The van der Waals surface area contributed by atoms with Crippen LogP contribution in [0.1, 0.15) is 45.3 Å². The average Bonchev–Trinajstić information content (AvgIpc) is 2.36. The lowest BCUT2D eigenvalue weighted by Crippen LogP contribution is -2.14. The van der Waals surface area contributed by atoms with Gasteiger partial charge in [-0.1, -0.05) is 20.3 Å². The molecule has 1 rings (SSSR count). The van der Waals surface area contributed by atoms with Crippen LogP contribution in [0.2, 0.25) is 0 Å². The van der Waals surface area contributed by atoms with E-state index in [4.69, 9.17) is 4.74 Å². The Balaban J connectivity index is 2.45. The first-order chi connectivity index (χ1) is 8.17. The van der Waals surface area contributed by atoms with E-state index in [2.05, 4.69) is 31.1 Å². The van der Waals surface area contributed by atoms with Crippen LogP contribution in [0, 0.1) is 5.92 Å². The summed E-state index contributed by atoms with van der Waals surface area (Å²) in [6.07, 6.45) is 4.23. The minimum Gasteiger partial charge on any atom is -0.492 e. The van der Waals surface area contributed by atoms with Crippen LogP contribution in [-0.2, 0) is 0 Å². The molecule has 0 aliphatic carbocycles. The molecule has 0 spiro atoms. The van der Waals surface area contributed by atoms with Gasteiger partial charge in [0.1, 0.15) is 5.75 Å². The topological polar surface area (TPSA) is 34.1 Å². The van der Waals surface area contributed by atoms with Crippen molar-refractivity contribution in [2.45, 2.75) is 39.7 Å². The van der Waals surface area contributed by atoms with Crippen molar-refractivity contribution in [2.75, 3.05) is 13.7 Å². The van der Waals surface area contributed by atoms with E-state index in [0.717, 1.165) is 18.1 Å². The van der Waals surface area contributed by atoms with E-state index in [1.165, 1.54) is 12.8 Å². The second-order valence-corrected chi connectivity index (χ2v) is 4.63. The molecule has 1 aromatic rings. The van der Waals surface area contributed by atoms with Crippen LogP contribution in [0.15, 0.2) is 18.3 Å². The average molecular weight is 236 g/mol. The minimum absolute atomic E-state index is 0.281. The predicted octanol–water partition coefficient (Wildman–Crippen LogP) is 3.18. The first kappa shape index (κ1) is 14.0. The summed E-state index contributed by atoms with van der Waals surface area (Å²) in [7, 11) is 1.93. The molecule has 96 valence electrons. The maximum atomic E-state index is 5.71. The van der Waals surface area contributed by atoms with Crippen molar-refractivity contribution in [1.29, 1.82) is 0 Å². The van der Waals surface area contributed by atoms with Crippen molar-refractivity contribution in [2.24, 2.45) is 5.92 Å². The summed E-state index contributed by atoms with van der Waals surface area (Å²) in [5, 5.41) is 3.16. The molecule has 0 aromatic carbocycles. The van der Waals surface area contributed by atoms with Gasteiger partial charge in [0.25, 0.3) is 0 Å². The third kappa shape index (κ3) is 4.73. The molecule has 17 heavy (non-hydrogen) atoms. The summed E-state index contributed by atoms with van der Waals surface area (Å²) < 4.78 is 5.71. The molecule has 0 bridgehead atoms. The largest absolute Gasteiger partial charge is 0.492 e. The highest BCUT2D eigenvalue weighted by Crippen LogP contribution is 2.15. The van der Waals surface area contributed by atoms with E-state index in [1.54, 1.807) is 0 Å². The molecule has 1 heterocycles. The maximum absolute atomic E-state index is 5.71. The number of nitrogens with zero attached hydrogens (tertiary/aromatic N) is 1. The van der Waals surface area contributed by atoms with Crippen LogP contribution < -0.4 is 10.1 Å². The quantitative estimate of drug-likeness (QED) is 0.789. The van der Waals surface area contributed by atoms with Gasteiger partial charge in [-0.2, -0.15) is 0 Å². The number of hydrogen-bond donors (Lipinski definition) is 1. The molecule has 0 radical (unpaired) electrons. The van der Waals surface area contributed by atoms with Gasteiger partial charge in [-0.3, -0.25) is 4.98 Å². The summed E-state index contributed by atoms with van der Waals surface area (Å²) in [6, 6.07) is 4.29. The fourth-order valence-electron chi connectivity index (χ4n) is 1.70. The van der Waals surface area contributed by atoms with Crippen molar-refractivity contribution >= 4 is 0 Å². The lowest BCUT2D eigenvalue weighted by Gasteiger charge is -2.13. The van der Waals surface area contributed by atoms with Crippen molar-refractivity contribution in [3.63, 3.8) is 0 Å². The Kier molecular flexibility index (Phi) is 5.98. The minimum atomic E-state index is 0.281. The van der Waals surface area contributed by atoms with Crippen molar-refractivity contribution < 1.29 is 4.74 Å². The Morgan fingerprint density at radius 2 is 2.12 bits per heavy atom. The van der Waals surface area contributed by atoms with E-state index >= 15 is 0 Å². The molecule has 3 nitrogen and oxygen atoms in total. The van der Waals surface area contributed by atoms with Crippen molar-refractivity contribution in [3.8, 4) is 5.75 Å². The zero-order valence-corrected chi connectivity index (χ0v) is 11.4. The molecule has 0 aliphatic rings. The number of nitrogens with one attached hydrogen (secondary N) is 1. The first-order valence-electron chi connectivity index (χ1n) is 6.43. The van der Waals surface area contributed by atoms with E-state index in [9.17, 15) is 0 Å². The molecule has 0 amide bonds. The lowest BCUT2D eigenvalue weighted by molar-refractivity contribution is 0.250. The Bertz CT molecular complexity index is 311. The number of rotatable bonds is 7. The number of ether oxygens (including phenoxy) is 1.